The Labute approximate surface area is 250 Å². The fourth-order valence-corrected chi connectivity index (χ4v) is 5.83. The molecule has 0 unspecified atom stereocenters. The summed E-state index contributed by atoms with van der Waals surface area (Å²) in [5.41, 5.74) is 13.1. The first-order chi connectivity index (χ1) is 20.5. The van der Waals surface area contributed by atoms with Gasteiger partial charge in [-0.25, -0.2) is 0 Å². The minimum absolute atomic E-state index is 0.311. The fraction of sp³-hybridized carbons (Fsp3) is 0.235. The van der Waals surface area contributed by atoms with E-state index in [1.807, 2.05) is 38.1 Å². The number of hydrogen-bond acceptors (Lipinski definition) is 7. The van der Waals surface area contributed by atoms with Crippen LogP contribution in [0, 0.1) is 0 Å². The van der Waals surface area contributed by atoms with Crippen LogP contribution >= 0.6 is 11.3 Å². The van der Waals surface area contributed by atoms with Crippen LogP contribution in [0.2, 0.25) is 0 Å². The molecule has 0 bridgehead atoms. The third-order valence-electron chi connectivity index (χ3n) is 7.09. The summed E-state index contributed by atoms with van der Waals surface area (Å²) in [7, 11) is 0. The normalized spacial score (nSPS) is 11.0. The van der Waals surface area contributed by atoms with Crippen molar-refractivity contribution in [3.8, 4) is 21.9 Å². The summed E-state index contributed by atoms with van der Waals surface area (Å²) in [5, 5.41) is 9.97. The van der Waals surface area contributed by atoms with E-state index in [0.29, 0.717) is 48.0 Å². The van der Waals surface area contributed by atoms with Crippen LogP contribution in [0.15, 0.2) is 78.3 Å². The maximum absolute atomic E-state index is 12.5. The first-order valence-electron chi connectivity index (χ1n) is 14.3. The molecule has 0 fully saturated rings. The number of aromatic nitrogens is 1. The summed E-state index contributed by atoms with van der Waals surface area (Å²) >= 11 is 1.75. The molecule has 42 heavy (non-hydrogen) atoms. The van der Waals surface area contributed by atoms with Crippen LogP contribution in [0.5, 0.6) is 11.5 Å². The number of nitrogens with one attached hydrogen (secondary N) is 2. The standard InChI is InChI=1S/C34H36N4O3S/c1-4-25-24(20-36-19-22-12-14-23(15-13-22)32-11-8-16-42-32)9-7-10-28(25)38-33-26-17-30(40-5-2)31(41-6-3)18-29(26)37-21-27(33)34(35)39/h7-18,21,36H,4-6,19-20H2,1-3H3,(H2,35,39)(H,37,38). The predicted octanol–water partition coefficient (Wildman–Crippen LogP) is 7.46. The Morgan fingerprint density at radius 2 is 1.69 bits per heavy atom. The fourth-order valence-electron chi connectivity index (χ4n) is 5.10. The van der Waals surface area contributed by atoms with Crippen molar-refractivity contribution < 1.29 is 14.3 Å². The summed E-state index contributed by atoms with van der Waals surface area (Å²) in [6.07, 6.45) is 2.33. The molecule has 0 aliphatic carbocycles. The van der Waals surface area contributed by atoms with Crippen molar-refractivity contribution in [1.29, 1.82) is 0 Å². The lowest BCUT2D eigenvalue weighted by Crippen LogP contribution is -2.16. The van der Waals surface area contributed by atoms with E-state index in [0.717, 1.165) is 29.6 Å². The topological polar surface area (TPSA) is 98.5 Å². The van der Waals surface area contributed by atoms with Gasteiger partial charge in [0.25, 0.3) is 5.91 Å². The molecule has 0 saturated carbocycles. The minimum Gasteiger partial charge on any atom is -0.490 e. The van der Waals surface area contributed by atoms with Crippen LogP contribution < -0.4 is 25.8 Å². The molecule has 0 spiro atoms. The van der Waals surface area contributed by atoms with Crippen LogP contribution in [0.25, 0.3) is 21.3 Å². The number of carbonyl (C=O) groups is 1. The smallest absolute Gasteiger partial charge is 0.252 e. The van der Waals surface area contributed by atoms with Crippen molar-refractivity contribution in [3.63, 3.8) is 0 Å². The zero-order chi connectivity index (χ0) is 29.5. The van der Waals surface area contributed by atoms with Crippen LogP contribution in [-0.2, 0) is 19.5 Å². The second kappa shape index (κ2) is 13.5. The Bertz CT molecular complexity index is 1670. The maximum Gasteiger partial charge on any atom is 0.252 e. The number of amides is 1. The van der Waals surface area contributed by atoms with Crippen LogP contribution in [0.4, 0.5) is 11.4 Å². The highest BCUT2D eigenvalue weighted by Crippen LogP contribution is 2.38. The van der Waals surface area contributed by atoms with Gasteiger partial charge in [0.15, 0.2) is 11.5 Å². The Morgan fingerprint density at radius 3 is 2.36 bits per heavy atom. The molecule has 1 amide bonds. The summed E-state index contributed by atoms with van der Waals surface area (Å²) < 4.78 is 11.7. The molecule has 0 atom stereocenters. The second-order valence-electron chi connectivity index (χ2n) is 9.79. The lowest BCUT2D eigenvalue weighted by Gasteiger charge is -2.19. The highest BCUT2D eigenvalue weighted by molar-refractivity contribution is 7.13. The SMILES string of the molecule is CCOc1cc2ncc(C(N)=O)c(Nc3cccc(CNCc4ccc(-c5cccs5)cc4)c3CC)c2cc1OCC. The first-order valence-corrected chi connectivity index (χ1v) is 15.1. The van der Waals surface area contributed by atoms with E-state index in [1.54, 1.807) is 11.3 Å². The minimum atomic E-state index is -0.556. The Hall–Kier alpha value is -4.40. The molecule has 0 aliphatic heterocycles. The van der Waals surface area contributed by atoms with E-state index in [9.17, 15) is 4.79 Å². The number of benzene rings is 3. The largest absolute Gasteiger partial charge is 0.490 e. The van der Waals surface area contributed by atoms with Gasteiger partial charge in [-0.1, -0.05) is 49.4 Å². The van der Waals surface area contributed by atoms with Crippen LogP contribution in [0.3, 0.4) is 0 Å². The van der Waals surface area contributed by atoms with Crippen molar-refractivity contribution in [2.75, 3.05) is 18.5 Å². The Morgan fingerprint density at radius 1 is 0.929 bits per heavy atom. The Balaban J connectivity index is 1.41. The van der Waals surface area contributed by atoms with Gasteiger partial charge < -0.3 is 25.8 Å². The van der Waals surface area contributed by atoms with E-state index in [-0.39, 0.29) is 0 Å². The molecule has 0 saturated heterocycles. The van der Waals surface area contributed by atoms with Gasteiger partial charge in [0.2, 0.25) is 0 Å². The number of carbonyl (C=O) groups excluding carboxylic acids is 1. The lowest BCUT2D eigenvalue weighted by molar-refractivity contribution is 0.100. The average molecular weight is 581 g/mol. The molecule has 7 nitrogen and oxygen atoms in total. The number of anilines is 2. The summed E-state index contributed by atoms with van der Waals surface area (Å²) in [4.78, 5) is 18.3. The summed E-state index contributed by atoms with van der Waals surface area (Å²) in [6, 6.07) is 22.8. The van der Waals surface area contributed by atoms with E-state index in [1.165, 1.54) is 27.8 Å². The number of rotatable bonds is 13. The maximum atomic E-state index is 12.5. The highest BCUT2D eigenvalue weighted by atomic mass is 32.1. The molecule has 4 N–H and O–H groups in total. The number of primary amides is 1. The molecule has 5 rings (SSSR count). The quantitative estimate of drug-likeness (QED) is 0.134. The first kappa shape index (κ1) is 29.1. The molecule has 2 aromatic heterocycles. The zero-order valence-corrected chi connectivity index (χ0v) is 25.0. The van der Waals surface area contributed by atoms with Crippen molar-refractivity contribution in [1.82, 2.24) is 10.3 Å². The third-order valence-corrected chi connectivity index (χ3v) is 8.01. The average Bonchev–Trinajstić information content (AvgIpc) is 3.54. The van der Waals surface area contributed by atoms with Crippen LogP contribution in [0.1, 0.15) is 47.8 Å². The van der Waals surface area contributed by atoms with E-state index >= 15 is 0 Å². The van der Waals surface area contributed by atoms with Gasteiger partial charge in [-0.2, -0.15) is 0 Å². The van der Waals surface area contributed by atoms with Gasteiger partial charge in [0, 0.05) is 41.3 Å². The van der Waals surface area contributed by atoms with Gasteiger partial charge in [0.05, 0.1) is 30.0 Å². The van der Waals surface area contributed by atoms with Gasteiger partial charge in [-0.05, 0) is 66.1 Å². The molecule has 3 aromatic carbocycles. The van der Waals surface area contributed by atoms with Crippen molar-refractivity contribution in [2.45, 2.75) is 40.3 Å². The highest BCUT2D eigenvalue weighted by Gasteiger charge is 2.18. The van der Waals surface area contributed by atoms with E-state index in [4.69, 9.17) is 15.2 Å². The third kappa shape index (κ3) is 6.40. The van der Waals surface area contributed by atoms with Gasteiger partial charge in [-0.3, -0.25) is 9.78 Å². The molecule has 2 heterocycles. The number of fused-ring (bicyclic) bond motifs is 1. The van der Waals surface area contributed by atoms with Gasteiger partial charge in [0.1, 0.15) is 0 Å². The number of ether oxygens (including phenoxy) is 2. The van der Waals surface area contributed by atoms with E-state index in [2.05, 4.69) is 70.4 Å². The monoisotopic (exact) mass is 580 g/mol. The zero-order valence-electron chi connectivity index (χ0n) is 24.2. The van der Waals surface area contributed by atoms with Crippen molar-refractivity contribution in [3.05, 3.63) is 101 Å². The summed E-state index contributed by atoms with van der Waals surface area (Å²) in [6.45, 7) is 8.42. The molecule has 216 valence electrons. The molecule has 8 heteroatoms. The molecule has 0 radical (unpaired) electrons. The van der Waals surface area contributed by atoms with Crippen molar-refractivity contribution in [2.24, 2.45) is 5.73 Å². The summed E-state index contributed by atoms with van der Waals surface area (Å²) in [5.74, 6) is 0.649. The number of nitrogens with zero attached hydrogens (tertiary/aromatic N) is 1. The predicted molar refractivity (Wildman–Crippen MR) is 172 cm³/mol. The number of pyridine rings is 1. The molecular weight excluding hydrogens is 544 g/mol. The number of hydrogen-bond donors (Lipinski definition) is 3. The number of thiophene rings is 1. The van der Waals surface area contributed by atoms with Gasteiger partial charge in [-0.15, -0.1) is 11.3 Å². The Kier molecular flexibility index (Phi) is 9.36. The van der Waals surface area contributed by atoms with Gasteiger partial charge >= 0.3 is 0 Å². The number of nitrogens with two attached hydrogens (primary N) is 1. The second-order valence-corrected chi connectivity index (χ2v) is 10.7. The molecular formula is C34H36N4O3S. The lowest BCUT2D eigenvalue weighted by atomic mass is 10.0. The van der Waals surface area contributed by atoms with Crippen molar-refractivity contribution >= 4 is 39.5 Å². The van der Waals surface area contributed by atoms with Crippen LogP contribution in [-0.4, -0.2) is 24.1 Å². The molecule has 0 aliphatic rings. The van der Waals surface area contributed by atoms with E-state index < -0.39 is 5.91 Å². The molecule has 5 aromatic rings.